The van der Waals surface area contributed by atoms with Crippen LogP contribution in [-0.2, 0) is 22.9 Å². The molecule has 0 aliphatic heterocycles. The number of carbonyl (C=O) groups is 2. The van der Waals surface area contributed by atoms with Crippen molar-refractivity contribution in [1.29, 1.82) is 0 Å². The minimum atomic E-state index is -2.05. The van der Waals surface area contributed by atoms with E-state index in [9.17, 15) is 9.59 Å². The van der Waals surface area contributed by atoms with Crippen LogP contribution in [0.1, 0.15) is 0 Å². The third-order valence-corrected chi connectivity index (χ3v) is 4.12. The highest BCUT2D eigenvalue weighted by molar-refractivity contribution is 6.72. The van der Waals surface area contributed by atoms with Gasteiger partial charge in [-0.1, -0.05) is 0 Å². The Bertz CT molecular complexity index is 425. The van der Waals surface area contributed by atoms with Crippen LogP contribution in [0.2, 0.25) is 58.9 Å². The standard InChI is InChI=1S/C13H28O5Si3/c1-19(2,3)16-11(13(15)18-21(7,8)9)10-12(14)17-20(4,5)6/h10H,1-9H3/b11-10-. The van der Waals surface area contributed by atoms with Gasteiger partial charge in [-0.3, -0.25) is 0 Å². The van der Waals surface area contributed by atoms with Crippen molar-refractivity contribution in [3.05, 3.63) is 11.8 Å². The molecule has 8 heteroatoms. The van der Waals surface area contributed by atoms with Crippen molar-refractivity contribution < 1.29 is 22.9 Å². The second-order valence-electron chi connectivity index (χ2n) is 7.76. The molecule has 0 unspecified atom stereocenters. The topological polar surface area (TPSA) is 61.8 Å². The summed E-state index contributed by atoms with van der Waals surface area (Å²) in [4.78, 5) is 24.1. The van der Waals surface area contributed by atoms with Gasteiger partial charge in [0.1, 0.15) is 0 Å². The molecule has 0 aliphatic carbocycles. The highest BCUT2D eigenvalue weighted by atomic mass is 28.4. The van der Waals surface area contributed by atoms with E-state index in [-0.39, 0.29) is 5.76 Å². The third kappa shape index (κ3) is 11.5. The Morgan fingerprint density at radius 1 is 0.667 bits per heavy atom. The van der Waals surface area contributed by atoms with Gasteiger partial charge in [0, 0.05) is 0 Å². The lowest BCUT2D eigenvalue weighted by Gasteiger charge is -2.24. The van der Waals surface area contributed by atoms with Gasteiger partial charge in [0.15, 0.2) is 5.76 Å². The van der Waals surface area contributed by atoms with Crippen molar-refractivity contribution in [2.75, 3.05) is 0 Å². The molecule has 0 radical (unpaired) electrons. The van der Waals surface area contributed by atoms with Gasteiger partial charge in [-0.25, -0.2) is 9.59 Å². The molecule has 0 saturated heterocycles. The summed E-state index contributed by atoms with van der Waals surface area (Å²) >= 11 is 0. The normalized spacial score (nSPS) is 13.7. The van der Waals surface area contributed by atoms with Gasteiger partial charge in [0.2, 0.25) is 25.0 Å². The van der Waals surface area contributed by atoms with Gasteiger partial charge < -0.3 is 13.3 Å². The van der Waals surface area contributed by atoms with E-state index in [2.05, 4.69) is 0 Å². The number of hydrogen-bond acceptors (Lipinski definition) is 5. The summed E-state index contributed by atoms with van der Waals surface area (Å²) in [5.41, 5.74) is 0. The van der Waals surface area contributed by atoms with E-state index < -0.39 is 36.9 Å². The lowest BCUT2D eigenvalue weighted by Crippen LogP contribution is -2.35. The van der Waals surface area contributed by atoms with Crippen LogP contribution in [0.3, 0.4) is 0 Å². The predicted octanol–water partition coefficient (Wildman–Crippen LogP) is 3.48. The quantitative estimate of drug-likeness (QED) is 0.418. The molecule has 5 nitrogen and oxygen atoms in total. The predicted molar refractivity (Wildman–Crippen MR) is 91.4 cm³/mol. The first-order valence-corrected chi connectivity index (χ1v) is 17.2. The van der Waals surface area contributed by atoms with Crippen molar-refractivity contribution in [2.24, 2.45) is 0 Å². The summed E-state index contributed by atoms with van der Waals surface area (Å²) in [5, 5.41) is 0. The Morgan fingerprint density at radius 3 is 1.38 bits per heavy atom. The zero-order chi connectivity index (χ0) is 17.1. The molecular weight excluding hydrogens is 320 g/mol. The maximum Gasteiger partial charge on any atom is 0.359 e. The van der Waals surface area contributed by atoms with Gasteiger partial charge in [-0.2, -0.15) is 0 Å². The SMILES string of the molecule is C[Si](C)(C)OC(=O)/C=C(\O[Si](C)(C)C)C(=O)O[Si](C)(C)C. The second kappa shape index (κ2) is 6.93. The average molecular weight is 349 g/mol. The zero-order valence-electron chi connectivity index (χ0n) is 14.6. The van der Waals surface area contributed by atoms with Crippen LogP contribution in [0.15, 0.2) is 11.8 Å². The Balaban J connectivity index is 5.23. The molecule has 0 aromatic carbocycles. The van der Waals surface area contributed by atoms with Gasteiger partial charge in [0.05, 0.1) is 6.08 Å². The molecule has 21 heavy (non-hydrogen) atoms. The molecule has 0 rings (SSSR count). The minimum Gasteiger partial charge on any atom is -0.539 e. The number of rotatable bonds is 6. The van der Waals surface area contributed by atoms with Gasteiger partial charge in [-0.05, 0) is 58.9 Å². The van der Waals surface area contributed by atoms with E-state index in [4.69, 9.17) is 13.3 Å². The summed E-state index contributed by atoms with van der Waals surface area (Å²) in [6.07, 6.45) is 1.12. The first-order valence-electron chi connectivity index (χ1n) is 6.96. The Hall–Kier alpha value is -0.869. The van der Waals surface area contributed by atoms with Crippen LogP contribution < -0.4 is 0 Å². The molecule has 0 N–H and O–H groups in total. The van der Waals surface area contributed by atoms with E-state index in [0.717, 1.165) is 6.08 Å². The van der Waals surface area contributed by atoms with Gasteiger partial charge in [0.25, 0.3) is 0 Å². The maximum atomic E-state index is 12.2. The molecule has 0 fully saturated rings. The van der Waals surface area contributed by atoms with Gasteiger partial charge >= 0.3 is 11.9 Å². The Morgan fingerprint density at radius 2 is 1.05 bits per heavy atom. The molecule has 122 valence electrons. The monoisotopic (exact) mass is 348 g/mol. The van der Waals surface area contributed by atoms with E-state index in [1.54, 1.807) is 0 Å². The largest absolute Gasteiger partial charge is 0.539 e. The highest BCUT2D eigenvalue weighted by Gasteiger charge is 2.29. The van der Waals surface area contributed by atoms with Crippen LogP contribution in [0.4, 0.5) is 0 Å². The first-order chi connectivity index (χ1) is 9.09. The van der Waals surface area contributed by atoms with E-state index in [0.29, 0.717) is 0 Å². The van der Waals surface area contributed by atoms with Crippen LogP contribution >= 0.6 is 0 Å². The molecular formula is C13H28O5Si3. The van der Waals surface area contributed by atoms with E-state index >= 15 is 0 Å². The third-order valence-electron chi connectivity index (χ3n) is 1.67. The molecule has 0 atom stereocenters. The summed E-state index contributed by atoms with van der Waals surface area (Å²) in [7, 11) is -6.10. The van der Waals surface area contributed by atoms with Crippen LogP contribution in [0.25, 0.3) is 0 Å². The molecule has 0 heterocycles. The fourth-order valence-electron chi connectivity index (χ4n) is 1.23. The first kappa shape index (κ1) is 20.1. The number of hydrogen-bond donors (Lipinski definition) is 0. The molecule has 0 aliphatic rings. The number of carbonyl (C=O) groups excluding carboxylic acids is 2. The fraction of sp³-hybridized carbons (Fsp3) is 0.692. The average Bonchev–Trinajstić information content (AvgIpc) is 2.07. The smallest absolute Gasteiger partial charge is 0.359 e. The van der Waals surface area contributed by atoms with Crippen molar-refractivity contribution in [2.45, 2.75) is 58.9 Å². The summed E-state index contributed by atoms with van der Waals surface area (Å²) < 4.78 is 16.4. The zero-order valence-corrected chi connectivity index (χ0v) is 17.6. The van der Waals surface area contributed by atoms with Crippen molar-refractivity contribution in [3.8, 4) is 0 Å². The fourth-order valence-corrected chi connectivity index (χ4v) is 3.35. The molecule has 0 aromatic heterocycles. The highest BCUT2D eigenvalue weighted by Crippen LogP contribution is 2.16. The Labute approximate surface area is 131 Å². The van der Waals surface area contributed by atoms with Crippen molar-refractivity contribution in [1.82, 2.24) is 0 Å². The summed E-state index contributed by atoms with van der Waals surface area (Å²) in [6.45, 7) is 17.2. The van der Waals surface area contributed by atoms with E-state index in [1.807, 2.05) is 58.9 Å². The van der Waals surface area contributed by atoms with Crippen molar-refractivity contribution >= 4 is 36.9 Å². The molecule has 0 amide bonds. The Kier molecular flexibility index (Phi) is 6.64. The summed E-state index contributed by atoms with van der Waals surface area (Å²) in [6, 6.07) is 0. The molecule has 0 saturated carbocycles. The van der Waals surface area contributed by atoms with Crippen LogP contribution in [-0.4, -0.2) is 36.9 Å². The van der Waals surface area contributed by atoms with E-state index in [1.165, 1.54) is 0 Å². The lowest BCUT2D eigenvalue weighted by molar-refractivity contribution is -0.135. The van der Waals surface area contributed by atoms with Crippen molar-refractivity contribution in [3.63, 3.8) is 0 Å². The molecule has 0 spiro atoms. The van der Waals surface area contributed by atoms with Gasteiger partial charge in [-0.15, -0.1) is 0 Å². The van der Waals surface area contributed by atoms with Crippen LogP contribution in [0.5, 0.6) is 0 Å². The molecule has 0 aromatic rings. The second-order valence-corrected chi connectivity index (χ2v) is 21.0. The lowest BCUT2D eigenvalue weighted by atomic mass is 10.4. The summed E-state index contributed by atoms with van der Waals surface area (Å²) in [5.74, 6) is -1.17. The van der Waals surface area contributed by atoms with Crippen LogP contribution in [0, 0.1) is 0 Å². The molecule has 0 bridgehead atoms. The minimum absolute atomic E-state index is 0.0418. The maximum absolute atomic E-state index is 12.2.